The van der Waals surface area contributed by atoms with Gasteiger partial charge in [0.1, 0.15) is 12.1 Å². The fourth-order valence-corrected chi connectivity index (χ4v) is 1.09. The summed E-state index contributed by atoms with van der Waals surface area (Å²) in [6, 6.07) is 0. The number of hydrogen-bond donors (Lipinski definition) is 0. The van der Waals surface area contributed by atoms with Crippen LogP contribution in [-0.2, 0) is 9.59 Å². The zero-order valence-electron chi connectivity index (χ0n) is 6.28. The molecule has 11 heavy (non-hydrogen) atoms. The molecule has 0 spiro atoms. The van der Waals surface area contributed by atoms with Gasteiger partial charge < -0.3 is 4.79 Å². The van der Waals surface area contributed by atoms with Crippen molar-refractivity contribution >= 4 is 24.5 Å². The zero-order valence-corrected chi connectivity index (χ0v) is 7.10. The molecule has 0 radical (unpaired) electrons. The fraction of sp³-hybridized carbons (Fsp3) is 0.714. The van der Waals surface area contributed by atoms with Gasteiger partial charge in [0.15, 0.2) is 0 Å². The van der Waals surface area contributed by atoms with E-state index in [1.807, 2.05) is 4.90 Å². The van der Waals surface area contributed by atoms with E-state index in [9.17, 15) is 9.59 Å². The minimum atomic E-state index is 0. The van der Waals surface area contributed by atoms with Gasteiger partial charge in [0.25, 0.3) is 0 Å². The van der Waals surface area contributed by atoms with Crippen LogP contribution in [-0.4, -0.2) is 36.6 Å². The summed E-state index contributed by atoms with van der Waals surface area (Å²) < 4.78 is 0. The largest absolute Gasteiger partial charge is 0.302 e. The van der Waals surface area contributed by atoms with Gasteiger partial charge in [0.2, 0.25) is 0 Å². The van der Waals surface area contributed by atoms with Crippen molar-refractivity contribution in [1.82, 2.24) is 4.90 Å². The Morgan fingerprint density at radius 2 is 1.91 bits per heavy atom. The molecule has 3 nitrogen and oxygen atoms in total. The number of carbonyl (C=O) groups is 2. The van der Waals surface area contributed by atoms with E-state index in [1.54, 1.807) is 0 Å². The monoisotopic (exact) mass is 177 g/mol. The molecule has 0 aromatic rings. The number of hydrogen-bond acceptors (Lipinski definition) is 3. The molecule has 1 rings (SSSR count). The van der Waals surface area contributed by atoms with Crippen LogP contribution in [0.25, 0.3) is 0 Å². The average Bonchev–Trinajstić information content (AvgIpc) is 1.95. The van der Waals surface area contributed by atoms with Crippen LogP contribution in [0.4, 0.5) is 0 Å². The molecule has 1 saturated heterocycles. The van der Waals surface area contributed by atoms with E-state index in [4.69, 9.17) is 0 Å². The number of aldehydes is 1. The smallest absolute Gasteiger partial charge is 0.135 e. The van der Waals surface area contributed by atoms with Crippen LogP contribution < -0.4 is 0 Å². The van der Waals surface area contributed by atoms with Gasteiger partial charge in [0, 0.05) is 25.9 Å². The van der Waals surface area contributed by atoms with Crippen LogP contribution in [0.1, 0.15) is 12.8 Å². The summed E-state index contributed by atoms with van der Waals surface area (Å²) in [4.78, 5) is 22.7. The first-order chi connectivity index (χ1) is 4.83. The molecule has 64 valence electrons. The summed E-state index contributed by atoms with van der Waals surface area (Å²) >= 11 is 0. The van der Waals surface area contributed by atoms with Crippen molar-refractivity contribution in [2.45, 2.75) is 12.8 Å². The van der Waals surface area contributed by atoms with E-state index < -0.39 is 0 Å². The fourth-order valence-electron chi connectivity index (χ4n) is 1.09. The summed E-state index contributed by atoms with van der Waals surface area (Å²) in [5.74, 6) is 0.321. The molecular weight excluding hydrogens is 166 g/mol. The SMILES string of the molecule is Cl.O=CCN1CCC(=O)CC1. The van der Waals surface area contributed by atoms with Gasteiger partial charge >= 0.3 is 0 Å². The van der Waals surface area contributed by atoms with Crippen LogP contribution in [0.15, 0.2) is 0 Å². The number of ketones is 1. The second kappa shape index (κ2) is 5.27. The van der Waals surface area contributed by atoms with Gasteiger partial charge in [-0.2, -0.15) is 0 Å². The lowest BCUT2D eigenvalue weighted by Gasteiger charge is -2.22. The molecule has 1 aliphatic heterocycles. The summed E-state index contributed by atoms with van der Waals surface area (Å²) in [5, 5.41) is 0. The van der Waals surface area contributed by atoms with Crippen LogP contribution in [0.3, 0.4) is 0 Å². The second-order valence-electron chi connectivity index (χ2n) is 2.51. The molecule has 0 unspecified atom stereocenters. The Hall–Kier alpha value is -0.410. The van der Waals surface area contributed by atoms with Crippen LogP contribution in [0, 0.1) is 0 Å². The third kappa shape index (κ3) is 3.49. The maximum Gasteiger partial charge on any atom is 0.135 e. The Morgan fingerprint density at radius 3 is 2.36 bits per heavy atom. The first-order valence-corrected chi connectivity index (χ1v) is 3.50. The first kappa shape index (κ1) is 10.6. The molecule has 4 heteroatoms. The number of nitrogens with zero attached hydrogens (tertiary/aromatic N) is 1. The van der Waals surface area contributed by atoms with Crippen LogP contribution >= 0.6 is 12.4 Å². The van der Waals surface area contributed by atoms with Gasteiger partial charge in [-0.3, -0.25) is 9.69 Å². The molecule has 0 amide bonds. The quantitative estimate of drug-likeness (QED) is 0.569. The Labute approximate surface area is 72.2 Å². The van der Waals surface area contributed by atoms with Gasteiger partial charge in [0.05, 0.1) is 6.54 Å². The van der Waals surface area contributed by atoms with Crippen molar-refractivity contribution in [3.05, 3.63) is 0 Å². The standard InChI is InChI=1S/C7H11NO2.ClH/c9-6-5-8-3-1-7(10)2-4-8;/h6H,1-5H2;1H. The van der Waals surface area contributed by atoms with Crippen molar-refractivity contribution in [2.24, 2.45) is 0 Å². The van der Waals surface area contributed by atoms with Crippen molar-refractivity contribution in [1.29, 1.82) is 0 Å². The molecule has 0 aromatic heterocycles. The minimum Gasteiger partial charge on any atom is -0.302 e. The lowest BCUT2D eigenvalue weighted by atomic mass is 10.1. The minimum absolute atomic E-state index is 0. The average molecular weight is 178 g/mol. The highest BCUT2D eigenvalue weighted by Crippen LogP contribution is 2.03. The predicted molar refractivity (Wildman–Crippen MR) is 44.0 cm³/mol. The molecule has 0 N–H and O–H groups in total. The van der Waals surface area contributed by atoms with E-state index in [1.165, 1.54) is 0 Å². The lowest BCUT2D eigenvalue weighted by molar-refractivity contribution is -0.122. The molecule has 1 aliphatic rings. The normalized spacial score (nSPS) is 19.1. The maximum atomic E-state index is 10.7. The van der Waals surface area contributed by atoms with E-state index in [0.29, 0.717) is 25.2 Å². The Morgan fingerprint density at radius 1 is 1.36 bits per heavy atom. The van der Waals surface area contributed by atoms with E-state index in [-0.39, 0.29) is 12.4 Å². The summed E-state index contributed by atoms with van der Waals surface area (Å²) in [6.07, 6.45) is 2.12. The topological polar surface area (TPSA) is 37.4 Å². The Balaban J connectivity index is 0.000001000. The summed E-state index contributed by atoms with van der Waals surface area (Å²) in [7, 11) is 0. The van der Waals surface area contributed by atoms with E-state index >= 15 is 0 Å². The van der Waals surface area contributed by atoms with Crippen molar-refractivity contribution in [3.8, 4) is 0 Å². The molecule has 0 aliphatic carbocycles. The van der Waals surface area contributed by atoms with Crippen molar-refractivity contribution in [2.75, 3.05) is 19.6 Å². The van der Waals surface area contributed by atoms with Crippen LogP contribution in [0.2, 0.25) is 0 Å². The highest BCUT2D eigenvalue weighted by atomic mass is 35.5. The molecular formula is C7H12ClNO2. The second-order valence-corrected chi connectivity index (χ2v) is 2.51. The lowest BCUT2D eigenvalue weighted by Crippen LogP contribution is -2.34. The number of piperidine rings is 1. The maximum absolute atomic E-state index is 10.7. The van der Waals surface area contributed by atoms with Crippen molar-refractivity contribution < 1.29 is 9.59 Å². The molecule has 0 atom stereocenters. The summed E-state index contributed by atoms with van der Waals surface area (Å²) in [6.45, 7) is 2.00. The first-order valence-electron chi connectivity index (χ1n) is 3.50. The molecule has 1 heterocycles. The number of rotatable bonds is 2. The number of Topliss-reactive ketones (excluding diaryl/α,β-unsaturated/α-hetero) is 1. The predicted octanol–water partition coefficient (Wildman–Crippen LogP) is 0.272. The third-order valence-electron chi connectivity index (χ3n) is 1.75. The van der Waals surface area contributed by atoms with Gasteiger partial charge in [-0.1, -0.05) is 0 Å². The Bertz CT molecular complexity index is 139. The molecule has 0 aromatic carbocycles. The number of carbonyl (C=O) groups excluding carboxylic acids is 2. The Kier molecular flexibility index (Phi) is 5.07. The van der Waals surface area contributed by atoms with E-state index in [0.717, 1.165) is 19.4 Å². The highest BCUT2D eigenvalue weighted by Gasteiger charge is 2.14. The van der Waals surface area contributed by atoms with Crippen molar-refractivity contribution in [3.63, 3.8) is 0 Å². The zero-order chi connectivity index (χ0) is 7.40. The van der Waals surface area contributed by atoms with Crippen LogP contribution in [0.5, 0.6) is 0 Å². The van der Waals surface area contributed by atoms with Gasteiger partial charge in [-0.15, -0.1) is 12.4 Å². The van der Waals surface area contributed by atoms with Gasteiger partial charge in [-0.05, 0) is 0 Å². The molecule has 0 saturated carbocycles. The number of likely N-dealkylation sites (tertiary alicyclic amines) is 1. The van der Waals surface area contributed by atoms with E-state index in [2.05, 4.69) is 0 Å². The molecule has 0 bridgehead atoms. The number of halogens is 1. The summed E-state index contributed by atoms with van der Waals surface area (Å²) in [5.41, 5.74) is 0. The van der Waals surface area contributed by atoms with Gasteiger partial charge in [-0.25, -0.2) is 0 Å². The third-order valence-corrected chi connectivity index (χ3v) is 1.75. The highest BCUT2D eigenvalue weighted by molar-refractivity contribution is 5.85. The molecule has 1 fully saturated rings.